The van der Waals surface area contributed by atoms with Crippen LogP contribution < -0.4 is 0 Å². The van der Waals surface area contributed by atoms with Crippen molar-refractivity contribution in [3.8, 4) is 0 Å². The van der Waals surface area contributed by atoms with E-state index in [4.69, 9.17) is 4.74 Å². The molecule has 0 fully saturated rings. The van der Waals surface area contributed by atoms with E-state index in [1.807, 2.05) is 0 Å². The summed E-state index contributed by atoms with van der Waals surface area (Å²) in [5.41, 5.74) is -1.64. The van der Waals surface area contributed by atoms with Gasteiger partial charge in [0, 0.05) is 12.0 Å². The minimum Gasteiger partial charge on any atom is -0.480 e. The third-order valence-electron chi connectivity index (χ3n) is 2.80. The van der Waals surface area contributed by atoms with Crippen molar-refractivity contribution in [2.24, 2.45) is 5.41 Å². The maximum Gasteiger partial charge on any atom is 0.323 e. The minimum atomic E-state index is -3.16. The summed E-state index contributed by atoms with van der Waals surface area (Å²) in [6.07, 6.45) is 1.24. The molecule has 0 bridgehead atoms. The van der Waals surface area contributed by atoms with Crippen LogP contribution in [-0.4, -0.2) is 44.1 Å². The zero-order valence-corrected chi connectivity index (χ0v) is 11.7. The number of carbonyl (C=O) groups is 2. The van der Waals surface area contributed by atoms with Gasteiger partial charge in [0.25, 0.3) is 0 Å². The van der Waals surface area contributed by atoms with Crippen LogP contribution in [0, 0.1) is 5.41 Å². The Morgan fingerprint density at radius 3 is 2.17 bits per heavy atom. The molecule has 0 radical (unpaired) electrons. The first-order valence-electron chi connectivity index (χ1n) is 5.78. The van der Waals surface area contributed by atoms with Crippen molar-refractivity contribution in [1.29, 1.82) is 0 Å². The molecule has 0 aliphatic heterocycles. The number of aliphatic carboxylic acids is 1. The second-order valence-corrected chi connectivity index (χ2v) is 6.45. The molecule has 106 valence electrons. The summed E-state index contributed by atoms with van der Waals surface area (Å²) in [5.74, 6) is -2.20. The Labute approximate surface area is 107 Å². The SMILES string of the molecule is CCOC(=O)C(CC)(CCCS(C)(=O)=O)C(=O)O. The molecule has 1 unspecified atom stereocenters. The van der Waals surface area contributed by atoms with E-state index in [1.165, 1.54) is 0 Å². The lowest BCUT2D eigenvalue weighted by Gasteiger charge is -2.25. The van der Waals surface area contributed by atoms with Crippen LogP contribution in [0.2, 0.25) is 0 Å². The van der Waals surface area contributed by atoms with Crippen LogP contribution in [0.1, 0.15) is 33.1 Å². The summed E-state index contributed by atoms with van der Waals surface area (Å²) in [5, 5.41) is 9.20. The number of hydrogen-bond donors (Lipinski definition) is 1. The molecule has 1 N–H and O–H groups in total. The van der Waals surface area contributed by atoms with Gasteiger partial charge in [-0.2, -0.15) is 0 Å². The van der Waals surface area contributed by atoms with Gasteiger partial charge in [-0.05, 0) is 26.2 Å². The molecule has 0 rings (SSSR count). The van der Waals surface area contributed by atoms with Crippen molar-refractivity contribution in [2.75, 3.05) is 18.6 Å². The van der Waals surface area contributed by atoms with Gasteiger partial charge >= 0.3 is 11.9 Å². The average molecular weight is 280 g/mol. The molecule has 0 aromatic heterocycles. The average Bonchev–Trinajstić information content (AvgIpc) is 2.22. The molecule has 0 heterocycles. The predicted octanol–water partition coefficient (Wildman–Crippen LogP) is 0.855. The second-order valence-electron chi connectivity index (χ2n) is 4.19. The zero-order valence-electron chi connectivity index (χ0n) is 10.9. The van der Waals surface area contributed by atoms with Crippen molar-refractivity contribution >= 4 is 21.8 Å². The molecule has 0 aromatic carbocycles. The standard InChI is InChI=1S/C11H20O6S/c1-4-11(9(12)13,10(14)17-5-2)7-6-8-18(3,15)16/h4-8H2,1-3H3,(H,12,13). The monoisotopic (exact) mass is 280 g/mol. The van der Waals surface area contributed by atoms with E-state index in [2.05, 4.69) is 0 Å². The normalized spacial score (nSPS) is 14.8. The van der Waals surface area contributed by atoms with Gasteiger partial charge in [-0.15, -0.1) is 0 Å². The lowest BCUT2D eigenvalue weighted by Crippen LogP contribution is -2.40. The van der Waals surface area contributed by atoms with Crippen LogP contribution in [0.5, 0.6) is 0 Å². The number of sulfone groups is 1. The number of carbonyl (C=O) groups excluding carboxylic acids is 1. The maximum absolute atomic E-state index is 11.7. The number of ether oxygens (including phenoxy) is 1. The van der Waals surface area contributed by atoms with E-state index in [0.717, 1.165) is 6.26 Å². The Kier molecular flexibility index (Phi) is 6.31. The van der Waals surface area contributed by atoms with Crippen molar-refractivity contribution in [3.63, 3.8) is 0 Å². The van der Waals surface area contributed by atoms with Crippen molar-refractivity contribution < 1.29 is 27.9 Å². The smallest absolute Gasteiger partial charge is 0.323 e. The van der Waals surface area contributed by atoms with E-state index in [1.54, 1.807) is 13.8 Å². The molecule has 0 saturated carbocycles. The Bertz CT molecular complexity index is 400. The number of hydrogen-bond acceptors (Lipinski definition) is 5. The van der Waals surface area contributed by atoms with E-state index >= 15 is 0 Å². The number of rotatable bonds is 8. The third-order valence-corrected chi connectivity index (χ3v) is 3.83. The van der Waals surface area contributed by atoms with Gasteiger partial charge in [0.1, 0.15) is 9.84 Å². The Morgan fingerprint density at radius 2 is 1.83 bits per heavy atom. The van der Waals surface area contributed by atoms with Crippen LogP contribution in [0.4, 0.5) is 0 Å². The summed E-state index contributed by atoms with van der Waals surface area (Å²) in [6, 6.07) is 0. The van der Waals surface area contributed by atoms with Gasteiger partial charge in [-0.3, -0.25) is 9.59 Å². The largest absolute Gasteiger partial charge is 0.480 e. The van der Waals surface area contributed by atoms with Crippen LogP contribution in [0.3, 0.4) is 0 Å². The number of carboxylic acid groups (broad SMARTS) is 1. The van der Waals surface area contributed by atoms with Gasteiger partial charge in [0.15, 0.2) is 5.41 Å². The van der Waals surface area contributed by atoms with E-state index < -0.39 is 27.2 Å². The highest BCUT2D eigenvalue weighted by Gasteiger charge is 2.45. The molecule has 7 heteroatoms. The molecule has 0 amide bonds. The molecule has 0 saturated heterocycles. The molecule has 0 aliphatic rings. The Morgan fingerprint density at radius 1 is 1.28 bits per heavy atom. The highest BCUT2D eigenvalue weighted by atomic mass is 32.2. The fourth-order valence-electron chi connectivity index (χ4n) is 1.67. The molecule has 0 spiro atoms. The van der Waals surface area contributed by atoms with Crippen molar-refractivity contribution in [3.05, 3.63) is 0 Å². The first-order chi connectivity index (χ1) is 8.19. The topological polar surface area (TPSA) is 97.7 Å². The quantitative estimate of drug-likeness (QED) is 0.523. The van der Waals surface area contributed by atoms with Gasteiger partial charge < -0.3 is 9.84 Å². The van der Waals surface area contributed by atoms with Crippen LogP contribution in [-0.2, 0) is 24.2 Å². The first-order valence-corrected chi connectivity index (χ1v) is 7.84. The number of carboxylic acids is 1. The Hall–Kier alpha value is -1.11. The molecule has 18 heavy (non-hydrogen) atoms. The summed E-state index contributed by atoms with van der Waals surface area (Å²) in [6.45, 7) is 3.27. The highest BCUT2D eigenvalue weighted by Crippen LogP contribution is 2.30. The Balaban J connectivity index is 4.88. The highest BCUT2D eigenvalue weighted by molar-refractivity contribution is 7.90. The van der Waals surface area contributed by atoms with Crippen molar-refractivity contribution in [1.82, 2.24) is 0 Å². The zero-order chi connectivity index (χ0) is 14.4. The third kappa shape index (κ3) is 4.64. The summed E-state index contributed by atoms with van der Waals surface area (Å²) < 4.78 is 26.8. The first kappa shape index (κ1) is 16.9. The fourth-order valence-corrected chi connectivity index (χ4v) is 2.34. The van der Waals surface area contributed by atoms with Gasteiger partial charge in [0.2, 0.25) is 0 Å². The van der Waals surface area contributed by atoms with E-state index in [0.29, 0.717) is 0 Å². The summed E-state index contributed by atoms with van der Waals surface area (Å²) in [7, 11) is -3.16. The fraction of sp³-hybridized carbons (Fsp3) is 0.818. The van der Waals surface area contributed by atoms with Crippen molar-refractivity contribution in [2.45, 2.75) is 33.1 Å². The predicted molar refractivity (Wildman–Crippen MR) is 65.9 cm³/mol. The summed E-state index contributed by atoms with van der Waals surface area (Å²) >= 11 is 0. The second kappa shape index (κ2) is 6.72. The lowest BCUT2D eigenvalue weighted by atomic mass is 9.81. The van der Waals surface area contributed by atoms with Crippen LogP contribution in [0.15, 0.2) is 0 Å². The lowest BCUT2D eigenvalue weighted by molar-refractivity contribution is -0.169. The molecule has 0 aromatic rings. The van der Waals surface area contributed by atoms with Crippen LogP contribution >= 0.6 is 0 Å². The molecule has 6 nitrogen and oxygen atoms in total. The van der Waals surface area contributed by atoms with E-state index in [9.17, 15) is 23.1 Å². The minimum absolute atomic E-state index is 0.0370. The molecular weight excluding hydrogens is 260 g/mol. The van der Waals surface area contributed by atoms with E-state index in [-0.39, 0.29) is 31.6 Å². The summed E-state index contributed by atoms with van der Waals surface area (Å²) in [4.78, 5) is 23.0. The van der Waals surface area contributed by atoms with Crippen LogP contribution in [0.25, 0.3) is 0 Å². The molecule has 1 atom stereocenters. The molecular formula is C11H20O6S. The molecule has 0 aliphatic carbocycles. The number of esters is 1. The van der Waals surface area contributed by atoms with Gasteiger partial charge in [-0.25, -0.2) is 8.42 Å². The van der Waals surface area contributed by atoms with Gasteiger partial charge in [0.05, 0.1) is 6.61 Å². The van der Waals surface area contributed by atoms with Gasteiger partial charge in [-0.1, -0.05) is 6.92 Å². The maximum atomic E-state index is 11.7.